The Kier molecular flexibility index (Phi) is 10.3. The van der Waals surface area contributed by atoms with E-state index >= 15 is 0 Å². The van der Waals surface area contributed by atoms with E-state index in [0.717, 1.165) is 56.3 Å². The van der Waals surface area contributed by atoms with Crippen LogP contribution in [0.4, 0.5) is 0 Å². The van der Waals surface area contributed by atoms with Crippen molar-refractivity contribution < 1.29 is 24.2 Å². The lowest BCUT2D eigenvalue weighted by Crippen LogP contribution is -2.36. The van der Waals surface area contributed by atoms with Crippen LogP contribution in [-0.2, 0) is 14.3 Å². The second kappa shape index (κ2) is 13.4. The third kappa shape index (κ3) is 6.79. The number of benzene rings is 1. The molecule has 0 amide bonds. The van der Waals surface area contributed by atoms with Crippen molar-refractivity contribution in [2.75, 3.05) is 19.4 Å². The maximum Gasteiger partial charge on any atom is 0.302 e. The maximum absolute atomic E-state index is 13.9. The van der Waals surface area contributed by atoms with E-state index in [1.165, 1.54) is 12.5 Å². The Balaban J connectivity index is 1.75. The molecule has 38 heavy (non-hydrogen) atoms. The highest BCUT2D eigenvalue weighted by molar-refractivity contribution is 8.77. The number of methoxy groups -OCH3 is 1. The summed E-state index contributed by atoms with van der Waals surface area (Å²) in [5.41, 5.74) is 2.24. The van der Waals surface area contributed by atoms with Gasteiger partial charge in [-0.05, 0) is 42.5 Å². The fourth-order valence-corrected chi connectivity index (χ4v) is 10.3. The molecule has 8 heteroatoms. The van der Waals surface area contributed by atoms with Crippen molar-refractivity contribution in [3.05, 3.63) is 35.4 Å². The van der Waals surface area contributed by atoms with Gasteiger partial charge in [0, 0.05) is 54.2 Å². The fraction of sp³-hybridized carbons (Fsp3) is 0.633. The summed E-state index contributed by atoms with van der Waals surface area (Å²) >= 11 is 0. The fourth-order valence-electron chi connectivity index (χ4n) is 6.40. The summed E-state index contributed by atoms with van der Waals surface area (Å²) in [6.07, 6.45) is 11.7. The molecule has 2 fully saturated rings. The summed E-state index contributed by atoms with van der Waals surface area (Å²) in [6.45, 7) is 4.31. The summed E-state index contributed by atoms with van der Waals surface area (Å²) in [4.78, 5) is 30.6. The second-order valence-corrected chi connectivity index (χ2v) is 13.6. The molecular formula is C30H41NO5S2. The van der Waals surface area contributed by atoms with Crippen LogP contribution in [0.25, 0.3) is 0 Å². The van der Waals surface area contributed by atoms with Crippen molar-refractivity contribution in [3.63, 3.8) is 0 Å². The summed E-state index contributed by atoms with van der Waals surface area (Å²) in [5, 5.41) is 10.2. The van der Waals surface area contributed by atoms with Gasteiger partial charge in [-0.1, -0.05) is 66.3 Å². The smallest absolute Gasteiger partial charge is 0.302 e. The molecule has 1 aromatic rings. The number of esters is 1. The number of phenols is 1. The number of unbranched alkanes of at least 4 members (excludes halogenated alkanes) is 1. The van der Waals surface area contributed by atoms with E-state index in [2.05, 4.69) is 18.0 Å². The predicted octanol–water partition coefficient (Wildman–Crippen LogP) is 6.91. The van der Waals surface area contributed by atoms with Gasteiger partial charge in [0.15, 0.2) is 11.5 Å². The molecular weight excluding hydrogens is 518 g/mol. The molecule has 1 saturated heterocycles. The molecule has 0 radical (unpaired) electrons. The molecule has 1 saturated carbocycles. The first-order chi connectivity index (χ1) is 18.4. The molecule has 208 valence electrons. The zero-order valence-corrected chi connectivity index (χ0v) is 24.5. The van der Waals surface area contributed by atoms with Crippen LogP contribution in [0, 0.1) is 11.8 Å². The second-order valence-electron chi connectivity index (χ2n) is 10.8. The van der Waals surface area contributed by atoms with Crippen molar-refractivity contribution in [1.82, 2.24) is 0 Å². The molecule has 0 aromatic heterocycles. The summed E-state index contributed by atoms with van der Waals surface area (Å²) in [6, 6.07) is 5.51. The number of ether oxygens (including phenoxy) is 2. The van der Waals surface area contributed by atoms with Gasteiger partial charge in [-0.2, -0.15) is 0 Å². The Morgan fingerprint density at radius 2 is 2.03 bits per heavy atom. The summed E-state index contributed by atoms with van der Waals surface area (Å²) in [7, 11) is 5.41. The highest BCUT2D eigenvalue weighted by atomic mass is 33.1. The van der Waals surface area contributed by atoms with Gasteiger partial charge in [-0.3, -0.25) is 14.6 Å². The Bertz CT molecular complexity index is 1050. The average molecular weight is 560 g/mol. The van der Waals surface area contributed by atoms with Gasteiger partial charge in [-0.15, -0.1) is 0 Å². The highest BCUT2D eigenvalue weighted by Gasteiger charge is 2.46. The number of hydrogen-bond acceptors (Lipinski definition) is 8. The van der Waals surface area contributed by atoms with Crippen LogP contribution in [0.15, 0.2) is 34.8 Å². The number of phenolic OH excluding ortho intramolecular Hbond substituents is 1. The highest BCUT2D eigenvalue weighted by Crippen LogP contribution is 2.57. The third-order valence-electron chi connectivity index (χ3n) is 8.33. The molecule has 4 rings (SSSR count). The minimum absolute atomic E-state index is 0.0135. The number of carbonyl (C=O) groups excluding carboxylic acids is 2. The normalized spacial score (nSPS) is 27.7. The van der Waals surface area contributed by atoms with Gasteiger partial charge in [0.25, 0.3) is 0 Å². The Morgan fingerprint density at radius 1 is 1.24 bits per heavy atom. The first-order valence-corrected chi connectivity index (χ1v) is 16.2. The molecule has 1 aliphatic carbocycles. The number of aromatic hydroxyl groups is 1. The van der Waals surface area contributed by atoms with Crippen molar-refractivity contribution in [1.29, 1.82) is 0 Å². The Labute approximate surface area is 234 Å². The molecule has 4 unspecified atom stereocenters. The minimum Gasteiger partial charge on any atom is -0.504 e. The van der Waals surface area contributed by atoms with Crippen molar-refractivity contribution >= 4 is 39.6 Å². The number of carbonyl (C=O) groups is 2. The number of Topliss-reactive ketones (excluding diaryl/α,β-unsaturated/α-hetero) is 1. The van der Waals surface area contributed by atoms with Crippen LogP contribution < -0.4 is 4.74 Å². The van der Waals surface area contributed by atoms with E-state index in [0.29, 0.717) is 18.7 Å². The zero-order chi connectivity index (χ0) is 27.1. The maximum atomic E-state index is 13.9. The van der Waals surface area contributed by atoms with E-state index in [-0.39, 0.29) is 46.4 Å². The molecule has 3 aliphatic rings. The van der Waals surface area contributed by atoms with E-state index in [4.69, 9.17) is 9.47 Å². The van der Waals surface area contributed by atoms with E-state index in [1.54, 1.807) is 13.2 Å². The summed E-state index contributed by atoms with van der Waals surface area (Å²) < 4.78 is 11.3. The SMILES string of the molecule is CCCCC1C(OC(C)=O)CC(=O)CC(c2ccc(O)c(OC)c2)C2(CCCC2)SSCC1C1=CCN=C1. The van der Waals surface area contributed by atoms with Gasteiger partial charge in [0.1, 0.15) is 11.9 Å². The molecule has 1 N–H and O–H groups in total. The topological polar surface area (TPSA) is 85.2 Å². The Morgan fingerprint density at radius 3 is 2.68 bits per heavy atom. The number of aliphatic imine (C=N–C) groups is 1. The van der Waals surface area contributed by atoms with Gasteiger partial charge < -0.3 is 14.6 Å². The van der Waals surface area contributed by atoms with Gasteiger partial charge in [0.05, 0.1) is 13.7 Å². The van der Waals surface area contributed by atoms with Crippen molar-refractivity contribution in [2.24, 2.45) is 16.8 Å². The third-order valence-corrected chi connectivity index (χ3v) is 11.7. The van der Waals surface area contributed by atoms with Gasteiger partial charge >= 0.3 is 5.97 Å². The zero-order valence-electron chi connectivity index (χ0n) is 22.8. The van der Waals surface area contributed by atoms with Crippen LogP contribution in [0.1, 0.15) is 83.1 Å². The molecule has 6 nitrogen and oxygen atoms in total. The van der Waals surface area contributed by atoms with Crippen molar-refractivity contribution in [2.45, 2.75) is 88.4 Å². The monoisotopic (exact) mass is 559 g/mol. The van der Waals surface area contributed by atoms with Gasteiger partial charge in [-0.25, -0.2) is 0 Å². The number of rotatable bonds is 7. The minimum atomic E-state index is -0.454. The molecule has 2 heterocycles. The van der Waals surface area contributed by atoms with Crippen LogP contribution in [0.3, 0.4) is 0 Å². The van der Waals surface area contributed by atoms with Crippen molar-refractivity contribution in [3.8, 4) is 11.5 Å². The Hall–Kier alpha value is -1.93. The van der Waals surface area contributed by atoms with Crippen LogP contribution in [0.2, 0.25) is 0 Å². The van der Waals surface area contributed by atoms with E-state index < -0.39 is 6.10 Å². The first kappa shape index (κ1) is 29.1. The molecule has 2 aliphatic heterocycles. The lowest BCUT2D eigenvalue weighted by Gasteiger charge is -2.37. The largest absolute Gasteiger partial charge is 0.504 e. The number of hydrogen-bond donors (Lipinski definition) is 1. The number of allylic oxidation sites excluding steroid dienone is 1. The molecule has 1 aromatic carbocycles. The molecule has 4 atom stereocenters. The number of nitrogens with zero attached hydrogens (tertiary/aromatic N) is 1. The first-order valence-electron chi connectivity index (χ1n) is 13.9. The quantitative estimate of drug-likeness (QED) is 0.287. The lowest BCUT2D eigenvalue weighted by atomic mass is 9.76. The van der Waals surface area contributed by atoms with E-state index in [9.17, 15) is 14.7 Å². The molecule has 1 spiro atoms. The predicted molar refractivity (Wildman–Crippen MR) is 156 cm³/mol. The standard InChI is InChI=1S/C30H41NO5S2/c1-4-5-8-24-25(22-11-14-31-18-22)19-37-38-30(12-6-7-13-30)26(16-23(33)17-28(24)36-20(2)32)21-9-10-27(34)29(15-21)35-3/h9-11,15,18,24-26,28,34H,4-8,12-14,16-17,19H2,1-3H3. The van der Waals surface area contributed by atoms with Crippen LogP contribution >= 0.6 is 21.6 Å². The molecule has 0 bridgehead atoms. The summed E-state index contributed by atoms with van der Waals surface area (Å²) in [5.74, 6) is 1.44. The van der Waals surface area contributed by atoms with Crippen LogP contribution in [-0.4, -0.2) is 53.3 Å². The van der Waals surface area contributed by atoms with Gasteiger partial charge in [0.2, 0.25) is 0 Å². The van der Waals surface area contributed by atoms with E-state index in [1.807, 2.05) is 39.9 Å². The average Bonchev–Trinajstić information content (AvgIpc) is 3.59. The number of ketones is 1. The van der Waals surface area contributed by atoms with Crippen LogP contribution in [0.5, 0.6) is 11.5 Å². The lowest BCUT2D eigenvalue weighted by molar-refractivity contribution is -0.151.